The minimum Gasteiger partial charge on any atom is -0.379 e. The summed E-state index contributed by atoms with van der Waals surface area (Å²) in [5, 5.41) is 0. The summed E-state index contributed by atoms with van der Waals surface area (Å²) in [6, 6.07) is 15.6. The van der Waals surface area contributed by atoms with Gasteiger partial charge in [-0.3, -0.25) is 9.69 Å². The van der Waals surface area contributed by atoms with E-state index in [4.69, 9.17) is 10.5 Å². The van der Waals surface area contributed by atoms with Crippen molar-refractivity contribution in [3.63, 3.8) is 0 Å². The van der Waals surface area contributed by atoms with E-state index in [1.807, 2.05) is 48.5 Å². The van der Waals surface area contributed by atoms with Crippen LogP contribution in [0.2, 0.25) is 0 Å². The molecule has 0 unspecified atom stereocenters. The maximum absolute atomic E-state index is 13.5. The number of ketones is 1. The Bertz CT molecular complexity index is 1060. The smallest absolute Gasteiger partial charge is 0.221 e. The highest BCUT2D eigenvalue weighted by Crippen LogP contribution is 2.41. The van der Waals surface area contributed by atoms with E-state index in [0.717, 1.165) is 55.1 Å². The molecule has 140 valence electrons. The predicted octanol–water partition coefficient (Wildman–Crippen LogP) is 2.77. The Labute approximate surface area is 163 Å². The number of morpholine rings is 1. The molecule has 1 aliphatic carbocycles. The Hall–Kier alpha value is -3.09. The van der Waals surface area contributed by atoms with Crippen molar-refractivity contribution in [1.29, 1.82) is 0 Å². The van der Waals surface area contributed by atoms with Crippen LogP contribution in [0.15, 0.2) is 48.5 Å². The van der Waals surface area contributed by atoms with E-state index < -0.39 is 0 Å². The van der Waals surface area contributed by atoms with Gasteiger partial charge in [-0.2, -0.15) is 0 Å². The fraction of sp³-hybridized carbons (Fsp3) is 0.227. The second kappa shape index (κ2) is 6.82. The predicted molar refractivity (Wildman–Crippen MR) is 107 cm³/mol. The van der Waals surface area contributed by atoms with Crippen molar-refractivity contribution < 1.29 is 9.53 Å². The Morgan fingerprint density at radius 3 is 2.46 bits per heavy atom. The van der Waals surface area contributed by atoms with Crippen LogP contribution in [0.1, 0.15) is 21.5 Å². The molecule has 2 N–H and O–H groups in total. The number of aromatic nitrogens is 2. The molecule has 0 saturated carbocycles. The number of ether oxygens (including phenoxy) is 1. The van der Waals surface area contributed by atoms with Crippen LogP contribution in [0.4, 0.5) is 5.95 Å². The summed E-state index contributed by atoms with van der Waals surface area (Å²) in [6.07, 6.45) is 0. The van der Waals surface area contributed by atoms with Gasteiger partial charge in [-0.15, -0.1) is 0 Å². The van der Waals surface area contributed by atoms with Crippen molar-refractivity contribution in [2.75, 3.05) is 32.0 Å². The molecule has 0 bridgehead atoms. The van der Waals surface area contributed by atoms with Crippen molar-refractivity contribution >= 4 is 11.7 Å². The van der Waals surface area contributed by atoms with Gasteiger partial charge in [0.2, 0.25) is 5.95 Å². The third-order valence-electron chi connectivity index (χ3n) is 5.33. The number of anilines is 1. The van der Waals surface area contributed by atoms with Crippen LogP contribution in [-0.4, -0.2) is 47.0 Å². The van der Waals surface area contributed by atoms with E-state index in [0.29, 0.717) is 17.0 Å². The monoisotopic (exact) mass is 372 g/mol. The summed E-state index contributed by atoms with van der Waals surface area (Å²) in [5.41, 5.74) is 11.2. The van der Waals surface area contributed by atoms with E-state index in [2.05, 4.69) is 14.9 Å². The number of rotatable bonds is 3. The first kappa shape index (κ1) is 17.0. The average molecular weight is 372 g/mol. The molecule has 0 radical (unpaired) electrons. The Kier molecular flexibility index (Phi) is 4.15. The third kappa shape index (κ3) is 2.78. The van der Waals surface area contributed by atoms with Gasteiger partial charge >= 0.3 is 0 Å². The van der Waals surface area contributed by atoms with Crippen molar-refractivity contribution in [2.24, 2.45) is 0 Å². The summed E-state index contributed by atoms with van der Waals surface area (Å²) in [7, 11) is 0. The van der Waals surface area contributed by atoms with E-state index in [1.165, 1.54) is 0 Å². The number of hydrogen-bond acceptors (Lipinski definition) is 6. The van der Waals surface area contributed by atoms with Gasteiger partial charge < -0.3 is 10.5 Å². The van der Waals surface area contributed by atoms with Crippen LogP contribution < -0.4 is 5.73 Å². The number of carbonyl (C=O) groups is 1. The first-order chi connectivity index (χ1) is 13.7. The molecular formula is C22H20N4O2. The summed E-state index contributed by atoms with van der Waals surface area (Å²) in [5.74, 6) is 0.157. The maximum Gasteiger partial charge on any atom is 0.221 e. The lowest BCUT2D eigenvalue weighted by Gasteiger charge is -2.27. The molecular weight excluding hydrogens is 352 g/mol. The molecule has 6 heteroatoms. The van der Waals surface area contributed by atoms with E-state index in [9.17, 15) is 4.79 Å². The SMILES string of the molecule is Nc1nc(-c2ccccc2)c2c(n1)-c1cccc(CN3CCOCC3)c1C2=O. The molecule has 1 aromatic heterocycles. The highest BCUT2D eigenvalue weighted by Gasteiger charge is 2.34. The first-order valence-corrected chi connectivity index (χ1v) is 9.42. The number of carbonyl (C=O) groups excluding carboxylic acids is 1. The molecule has 0 atom stereocenters. The van der Waals surface area contributed by atoms with Gasteiger partial charge in [0.25, 0.3) is 0 Å². The fourth-order valence-electron chi connectivity index (χ4n) is 4.02. The summed E-state index contributed by atoms with van der Waals surface area (Å²) in [4.78, 5) is 24.6. The van der Waals surface area contributed by atoms with Crippen molar-refractivity contribution in [3.05, 3.63) is 65.2 Å². The second-order valence-corrected chi connectivity index (χ2v) is 7.08. The molecule has 1 aliphatic heterocycles. The highest BCUT2D eigenvalue weighted by atomic mass is 16.5. The number of fused-ring (bicyclic) bond motifs is 3. The molecule has 0 spiro atoms. The first-order valence-electron chi connectivity index (χ1n) is 9.42. The van der Waals surface area contributed by atoms with E-state index in [1.54, 1.807) is 0 Å². The van der Waals surface area contributed by atoms with Crippen molar-refractivity contribution in [3.8, 4) is 22.5 Å². The minimum atomic E-state index is -0.0206. The Balaban J connectivity index is 1.63. The Morgan fingerprint density at radius 1 is 0.929 bits per heavy atom. The van der Waals surface area contributed by atoms with E-state index >= 15 is 0 Å². The maximum atomic E-state index is 13.5. The lowest BCUT2D eigenvalue weighted by atomic mass is 10.00. The van der Waals surface area contributed by atoms with Gasteiger partial charge in [0.05, 0.1) is 30.2 Å². The molecule has 2 aromatic carbocycles. The third-order valence-corrected chi connectivity index (χ3v) is 5.33. The fourth-order valence-corrected chi connectivity index (χ4v) is 4.02. The number of hydrogen-bond donors (Lipinski definition) is 1. The molecule has 2 heterocycles. The van der Waals surface area contributed by atoms with Crippen molar-refractivity contribution in [2.45, 2.75) is 6.54 Å². The number of nitrogen functional groups attached to an aromatic ring is 1. The normalized spacial score (nSPS) is 16.1. The standard InChI is InChI=1S/C22H20N4O2/c23-22-24-19(14-5-2-1-3-6-14)18-20(25-22)16-8-4-7-15(17(16)21(18)27)13-26-9-11-28-12-10-26/h1-8H,9-13H2,(H2,23,24,25). The lowest BCUT2D eigenvalue weighted by molar-refractivity contribution is 0.0341. The number of nitrogens with two attached hydrogens (primary N) is 1. The van der Waals surface area contributed by atoms with Gasteiger partial charge in [0, 0.05) is 36.3 Å². The zero-order chi connectivity index (χ0) is 19.1. The van der Waals surface area contributed by atoms with Crippen LogP contribution in [0.3, 0.4) is 0 Å². The molecule has 6 nitrogen and oxygen atoms in total. The van der Waals surface area contributed by atoms with Gasteiger partial charge in [-0.25, -0.2) is 9.97 Å². The average Bonchev–Trinajstić information content (AvgIpc) is 3.02. The van der Waals surface area contributed by atoms with Crippen LogP contribution in [0.25, 0.3) is 22.5 Å². The number of benzene rings is 2. The van der Waals surface area contributed by atoms with Gasteiger partial charge in [-0.05, 0) is 5.56 Å². The molecule has 2 aliphatic rings. The highest BCUT2D eigenvalue weighted by molar-refractivity contribution is 6.24. The largest absolute Gasteiger partial charge is 0.379 e. The minimum absolute atomic E-state index is 0.0206. The molecule has 5 rings (SSSR count). The Morgan fingerprint density at radius 2 is 1.68 bits per heavy atom. The summed E-state index contributed by atoms with van der Waals surface area (Å²) >= 11 is 0. The van der Waals surface area contributed by atoms with Crippen LogP contribution in [0.5, 0.6) is 0 Å². The molecule has 28 heavy (non-hydrogen) atoms. The molecule has 1 saturated heterocycles. The van der Waals surface area contributed by atoms with Crippen LogP contribution in [-0.2, 0) is 11.3 Å². The van der Waals surface area contributed by atoms with Crippen LogP contribution >= 0.6 is 0 Å². The topological polar surface area (TPSA) is 81.3 Å². The van der Waals surface area contributed by atoms with Gasteiger partial charge in [0.1, 0.15) is 0 Å². The van der Waals surface area contributed by atoms with Gasteiger partial charge in [-0.1, -0.05) is 48.5 Å². The molecule has 0 amide bonds. The van der Waals surface area contributed by atoms with Crippen LogP contribution in [0, 0.1) is 0 Å². The number of nitrogens with zero attached hydrogens (tertiary/aromatic N) is 3. The van der Waals surface area contributed by atoms with Crippen molar-refractivity contribution in [1.82, 2.24) is 14.9 Å². The quantitative estimate of drug-likeness (QED) is 0.596. The molecule has 1 fully saturated rings. The second-order valence-electron chi connectivity index (χ2n) is 7.08. The zero-order valence-electron chi connectivity index (χ0n) is 15.4. The lowest BCUT2D eigenvalue weighted by Crippen LogP contribution is -2.36. The summed E-state index contributed by atoms with van der Waals surface area (Å²) < 4.78 is 5.44. The van der Waals surface area contributed by atoms with E-state index in [-0.39, 0.29) is 11.7 Å². The molecule has 3 aromatic rings. The van der Waals surface area contributed by atoms with Gasteiger partial charge in [0.15, 0.2) is 5.78 Å². The zero-order valence-corrected chi connectivity index (χ0v) is 15.4. The summed E-state index contributed by atoms with van der Waals surface area (Å²) in [6.45, 7) is 3.90.